The predicted octanol–water partition coefficient (Wildman–Crippen LogP) is 3.48. The topological polar surface area (TPSA) is 42.0 Å². The van der Waals surface area contributed by atoms with Crippen LogP contribution < -0.4 is 5.32 Å². The third kappa shape index (κ3) is 2.76. The Hall–Kier alpha value is -1.13. The Morgan fingerprint density at radius 3 is 3.06 bits per heavy atom. The van der Waals surface area contributed by atoms with Crippen molar-refractivity contribution in [3.8, 4) is 0 Å². The van der Waals surface area contributed by atoms with E-state index in [1.54, 1.807) is 6.07 Å². The molecule has 3 nitrogen and oxygen atoms in total. The number of nitrogens with one attached hydrogen (secondary N) is 1. The number of halogens is 1. The molecule has 17 heavy (non-hydrogen) atoms. The number of amides is 1. The van der Waals surface area contributed by atoms with E-state index < -0.39 is 0 Å². The van der Waals surface area contributed by atoms with Gasteiger partial charge >= 0.3 is 0 Å². The minimum atomic E-state index is -0.0502. The molecule has 1 aromatic carbocycles. The van der Waals surface area contributed by atoms with Crippen molar-refractivity contribution in [2.45, 2.75) is 26.3 Å². The number of rotatable bonds is 3. The van der Waals surface area contributed by atoms with Crippen LogP contribution in [0.15, 0.2) is 18.2 Å². The Bertz CT molecular complexity index is 552. The van der Waals surface area contributed by atoms with Gasteiger partial charge in [0.1, 0.15) is 0 Å². The molecule has 2 rings (SSSR count). The summed E-state index contributed by atoms with van der Waals surface area (Å²) in [5, 5.41) is 2.93. The lowest BCUT2D eigenvalue weighted by Crippen LogP contribution is -2.31. The summed E-state index contributed by atoms with van der Waals surface area (Å²) in [6, 6.07) is 5.61. The lowest BCUT2D eigenvalue weighted by Gasteiger charge is -2.10. The molecule has 0 aliphatic carbocycles. The molecule has 0 bridgehead atoms. The number of benzene rings is 1. The summed E-state index contributed by atoms with van der Waals surface area (Å²) in [5.74, 6) is -0.0502. The van der Waals surface area contributed by atoms with Crippen molar-refractivity contribution in [2.24, 2.45) is 0 Å². The summed E-state index contributed by atoms with van der Waals surface area (Å²) < 4.78 is 1.44. The number of carbonyl (C=O) groups is 1. The fourth-order valence-electron chi connectivity index (χ4n) is 1.45. The Labute approximate surface area is 109 Å². The van der Waals surface area contributed by atoms with E-state index in [1.165, 1.54) is 11.3 Å². The van der Waals surface area contributed by atoms with Crippen molar-refractivity contribution >= 4 is 39.1 Å². The summed E-state index contributed by atoms with van der Waals surface area (Å²) in [6.45, 7) is 4.02. The highest BCUT2D eigenvalue weighted by atomic mass is 35.5. The highest BCUT2D eigenvalue weighted by Crippen LogP contribution is 2.26. The van der Waals surface area contributed by atoms with Crippen molar-refractivity contribution in [1.82, 2.24) is 10.3 Å². The second-order valence-corrected chi connectivity index (χ2v) is 5.54. The highest BCUT2D eigenvalue weighted by molar-refractivity contribution is 7.22. The molecule has 1 heterocycles. The van der Waals surface area contributed by atoms with Crippen LogP contribution >= 0.6 is 22.9 Å². The molecule has 0 unspecified atom stereocenters. The zero-order valence-corrected chi connectivity index (χ0v) is 11.2. The molecule has 0 aliphatic rings. The smallest absolute Gasteiger partial charge is 0.251 e. The SMILES string of the molecule is CC[C@H](C)NC(=O)c1ccc2nc(Cl)sc2c1. The molecule has 0 radical (unpaired) electrons. The average Bonchev–Trinajstić information content (AvgIpc) is 2.67. The number of hydrogen-bond donors (Lipinski definition) is 1. The lowest BCUT2D eigenvalue weighted by atomic mass is 10.2. The lowest BCUT2D eigenvalue weighted by molar-refractivity contribution is 0.0939. The van der Waals surface area contributed by atoms with E-state index in [0.29, 0.717) is 10.0 Å². The van der Waals surface area contributed by atoms with Crippen LogP contribution in [0.4, 0.5) is 0 Å². The molecule has 1 N–H and O–H groups in total. The van der Waals surface area contributed by atoms with Crippen LogP contribution in [0.5, 0.6) is 0 Å². The molecule has 0 aliphatic heterocycles. The molecule has 5 heteroatoms. The molecule has 0 saturated heterocycles. The van der Waals surface area contributed by atoms with E-state index in [4.69, 9.17) is 11.6 Å². The maximum atomic E-state index is 11.9. The second-order valence-electron chi connectivity index (χ2n) is 3.93. The van der Waals surface area contributed by atoms with E-state index in [0.717, 1.165) is 16.6 Å². The molecule has 1 atom stereocenters. The van der Waals surface area contributed by atoms with Gasteiger partial charge in [0.15, 0.2) is 4.47 Å². The van der Waals surface area contributed by atoms with Crippen LogP contribution in [0.3, 0.4) is 0 Å². The predicted molar refractivity (Wildman–Crippen MR) is 71.8 cm³/mol. The number of aromatic nitrogens is 1. The van der Waals surface area contributed by atoms with E-state index in [9.17, 15) is 4.79 Å². The van der Waals surface area contributed by atoms with Crippen LogP contribution in [-0.4, -0.2) is 16.9 Å². The Balaban J connectivity index is 2.26. The van der Waals surface area contributed by atoms with Gasteiger partial charge in [0.2, 0.25) is 0 Å². The summed E-state index contributed by atoms with van der Waals surface area (Å²) in [7, 11) is 0. The number of hydrogen-bond acceptors (Lipinski definition) is 3. The Morgan fingerprint density at radius 2 is 2.35 bits per heavy atom. The van der Waals surface area contributed by atoms with Gasteiger partial charge < -0.3 is 5.32 Å². The molecule has 1 amide bonds. The third-order valence-electron chi connectivity index (χ3n) is 2.61. The second kappa shape index (κ2) is 5.02. The van der Waals surface area contributed by atoms with Gasteiger partial charge in [-0.25, -0.2) is 4.98 Å². The Kier molecular flexibility index (Phi) is 3.64. The van der Waals surface area contributed by atoms with Gasteiger partial charge in [-0.05, 0) is 31.5 Å². The first kappa shape index (κ1) is 12.3. The maximum absolute atomic E-state index is 11.9. The largest absolute Gasteiger partial charge is 0.350 e. The fraction of sp³-hybridized carbons (Fsp3) is 0.333. The van der Waals surface area contributed by atoms with E-state index in [-0.39, 0.29) is 11.9 Å². The molecule has 0 fully saturated rings. The van der Waals surface area contributed by atoms with Crippen LogP contribution in [0.25, 0.3) is 10.2 Å². The minimum absolute atomic E-state index is 0.0502. The van der Waals surface area contributed by atoms with Gasteiger partial charge in [-0.3, -0.25) is 4.79 Å². The normalized spacial score (nSPS) is 12.6. The first-order valence-corrected chi connectivity index (χ1v) is 6.66. The van der Waals surface area contributed by atoms with Crippen molar-refractivity contribution in [2.75, 3.05) is 0 Å². The van der Waals surface area contributed by atoms with Gasteiger partial charge in [-0.2, -0.15) is 0 Å². The standard InChI is InChI=1S/C12H13ClN2OS/c1-3-7(2)14-11(16)8-4-5-9-10(6-8)17-12(13)15-9/h4-7H,3H2,1-2H3,(H,14,16)/t7-/m0/s1. The van der Waals surface area contributed by atoms with Gasteiger partial charge in [-0.15, -0.1) is 11.3 Å². The van der Waals surface area contributed by atoms with E-state index in [2.05, 4.69) is 10.3 Å². The van der Waals surface area contributed by atoms with E-state index in [1.807, 2.05) is 26.0 Å². The number of carbonyl (C=O) groups excluding carboxylic acids is 1. The van der Waals surface area contributed by atoms with Crippen molar-refractivity contribution < 1.29 is 4.79 Å². The van der Waals surface area contributed by atoms with Gasteiger partial charge in [0.25, 0.3) is 5.91 Å². The molecular weight excluding hydrogens is 256 g/mol. The average molecular weight is 269 g/mol. The molecule has 0 spiro atoms. The van der Waals surface area contributed by atoms with Gasteiger partial charge in [-0.1, -0.05) is 18.5 Å². The monoisotopic (exact) mass is 268 g/mol. The van der Waals surface area contributed by atoms with Crippen LogP contribution in [0.2, 0.25) is 4.47 Å². The Morgan fingerprint density at radius 1 is 1.59 bits per heavy atom. The van der Waals surface area contributed by atoms with Gasteiger partial charge in [0, 0.05) is 11.6 Å². The van der Waals surface area contributed by atoms with Gasteiger partial charge in [0.05, 0.1) is 10.2 Å². The molecule has 0 saturated carbocycles. The zero-order chi connectivity index (χ0) is 12.4. The fourth-order valence-corrected chi connectivity index (χ4v) is 2.52. The number of thiazole rings is 1. The molecular formula is C12H13ClN2OS. The highest BCUT2D eigenvalue weighted by Gasteiger charge is 2.10. The summed E-state index contributed by atoms with van der Waals surface area (Å²) in [4.78, 5) is 16.0. The van der Waals surface area contributed by atoms with Crippen molar-refractivity contribution in [3.05, 3.63) is 28.2 Å². The molecule has 1 aromatic heterocycles. The third-order valence-corrected chi connectivity index (χ3v) is 3.74. The molecule has 2 aromatic rings. The minimum Gasteiger partial charge on any atom is -0.350 e. The number of nitrogens with zero attached hydrogens (tertiary/aromatic N) is 1. The van der Waals surface area contributed by atoms with E-state index >= 15 is 0 Å². The quantitative estimate of drug-likeness (QED) is 0.926. The summed E-state index contributed by atoms with van der Waals surface area (Å²) in [5.41, 5.74) is 1.48. The molecule has 90 valence electrons. The maximum Gasteiger partial charge on any atom is 0.251 e. The number of fused-ring (bicyclic) bond motifs is 1. The summed E-state index contributed by atoms with van der Waals surface area (Å²) >= 11 is 7.21. The van der Waals surface area contributed by atoms with Crippen molar-refractivity contribution in [3.63, 3.8) is 0 Å². The van der Waals surface area contributed by atoms with Crippen LogP contribution in [0.1, 0.15) is 30.6 Å². The zero-order valence-electron chi connectivity index (χ0n) is 9.66. The summed E-state index contributed by atoms with van der Waals surface area (Å²) in [6.07, 6.45) is 0.917. The van der Waals surface area contributed by atoms with Crippen LogP contribution in [0, 0.1) is 0 Å². The first-order valence-electron chi connectivity index (χ1n) is 5.47. The first-order chi connectivity index (χ1) is 8.10. The van der Waals surface area contributed by atoms with Crippen LogP contribution in [-0.2, 0) is 0 Å². The van der Waals surface area contributed by atoms with Crippen molar-refractivity contribution in [1.29, 1.82) is 0 Å².